The summed E-state index contributed by atoms with van der Waals surface area (Å²) in [6.07, 6.45) is 1.55. The van der Waals surface area contributed by atoms with Gasteiger partial charge in [-0.1, -0.05) is 55.8 Å². The molecular weight excluding hydrogens is 528 g/mol. The molecule has 202 valence electrons. The van der Waals surface area contributed by atoms with E-state index < -0.39 is 0 Å². The third-order valence-electron chi connectivity index (χ3n) is 7.50. The van der Waals surface area contributed by atoms with Crippen molar-refractivity contribution in [3.8, 4) is 27.5 Å². The van der Waals surface area contributed by atoms with E-state index in [0.29, 0.717) is 33.4 Å². The van der Waals surface area contributed by atoms with Crippen LogP contribution in [0.1, 0.15) is 48.0 Å². The highest BCUT2D eigenvalue weighted by atomic mass is 35.5. The maximum absolute atomic E-state index is 14.3. The Morgan fingerprint density at radius 3 is 2.46 bits per heavy atom. The van der Waals surface area contributed by atoms with Gasteiger partial charge in [-0.15, -0.1) is 11.3 Å². The predicted molar refractivity (Wildman–Crippen MR) is 160 cm³/mol. The number of aromatic nitrogens is 2. The van der Waals surface area contributed by atoms with Gasteiger partial charge in [0.2, 0.25) is 0 Å². The van der Waals surface area contributed by atoms with Crippen LogP contribution >= 0.6 is 22.9 Å². The summed E-state index contributed by atoms with van der Waals surface area (Å²) < 4.78 is 1.76. The lowest BCUT2D eigenvalue weighted by molar-refractivity contribution is 0.0654. The number of amides is 1. The molecule has 0 spiro atoms. The van der Waals surface area contributed by atoms with E-state index in [2.05, 4.69) is 38.2 Å². The van der Waals surface area contributed by atoms with Gasteiger partial charge in [-0.3, -0.25) is 14.2 Å². The van der Waals surface area contributed by atoms with E-state index in [-0.39, 0.29) is 17.5 Å². The summed E-state index contributed by atoms with van der Waals surface area (Å²) in [5.41, 5.74) is 6.19. The molecule has 0 saturated carbocycles. The molecule has 0 bridgehead atoms. The second kappa shape index (κ2) is 11.5. The minimum absolute atomic E-state index is 0.0555. The van der Waals surface area contributed by atoms with Crippen molar-refractivity contribution in [2.24, 2.45) is 0 Å². The van der Waals surface area contributed by atoms with Gasteiger partial charge >= 0.3 is 0 Å². The molecular formula is C31H33ClN4O2S. The largest absolute Gasteiger partial charge is 0.333 e. The number of hydrogen-bond acceptors (Lipinski definition) is 5. The molecule has 1 atom stereocenters. The van der Waals surface area contributed by atoms with E-state index in [1.54, 1.807) is 10.6 Å². The first-order valence-electron chi connectivity index (χ1n) is 13.4. The molecule has 0 aliphatic carbocycles. The van der Waals surface area contributed by atoms with Crippen LogP contribution in [0.25, 0.3) is 27.5 Å². The van der Waals surface area contributed by atoms with Crippen molar-refractivity contribution in [1.82, 2.24) is 19.8 Å². The summed E-state index contributed by atoms with van der Waals surface area (Å²) in [6, 6.07) is 15.5. The Kier molecular flexibility index (Phi) is 8.03. The average Bonchev–Trinajstić information content (AvgIpc) is 3.43. The smallest absolute Gasteiger partial charge is 0.265 e. The normalized spacial score (nSPS) is 15.5. The zero-order chi connectivity index (χ0) is 27.7. The molecule has 2 aromatic heterocycles. The van der Waals surface area contributed by atoms with E-state index in [4.69, 9.17) is 16.6 Å². The highest BCUT2D eigenvalue weighted by molar-refractivity contribution is 7.13. The zero-order valence-corrected chi connectivity index (χ0v) is 24.3. The van der Waals surface area contributed by atoms with Crippen LogP contribution in [0, 0.1) is 6.92 Å². The van der Waals surface area contributed by atoms with Gasteiger partial charge in [0, 0.05) is 47.3 Å². The quantitative estimate of drug-likeness (QED) is 0.307. The first kappa shape index (κ1) is 27.3. The van der Waals surface area contributed by atoms with Crippen molar-refractivity contribution in [3.05, 3.63) is 91.7 Å². The van der Waals surface area contributed by atoms with Gasteiger partial charge in [0.15, 0.2) is 0 Å². The number of nitrogens with zero attached hydrogens (tertiary/aromatic N) is 3. The number of thiazole rings is 1. The predicted octanol–water partition coefficient (Wildman–Crippen LogP) is 6.15. The number of para-hydroxylation sites is 1. The lowest BCUT2D eigenvalue weighted by Crippen LogP contribution is -2.52. The monoisotopic (exact) mass is 560 g/mol. The molecule has 1 saturated heterocycles. The number of halogens is 1. The molecule has 1 fully saturated rings. The van der Waals surface area contributed by atoms with Crippen LogP contribution in [0.5, 0.6) is 0 Å². The number of rotatable bonds is 6. The molecule has 39 heavy (non-hydrogen) atoms. The Bertz CT molecular complexity index is 1550. The van der Waals surface area contributed by atoms with Crippen molar-refractivity contribution in [3.63, 3.8) is 0 Å². The van der Waals surface area contributed by atoms with E-state index in [0.717, 1.165) is 54.0 Å². The number of carbonyl (C=O) groups excluding carboxylic acids is 1. The lowest BCUT2D eigenvalue weighted by atomic mass is 10.0. The Morgan fingerprint density at radius 1 is 1.13 bits per heavy atom. The average molecular weight is 561 g/mol. The molecule has 5 rings (SSSR count). The molecule has 0 radical (unpaired) electrons. The molecule has 0 unspecified atom stereocenters. The van der Waals surface area contributed by atoms with Crippen LogP contribution in [0.3, 0.4) is 0 Å². The van der Waals surface area contributed by atoms with Gasteiger partial charge in [0.25, 0.3) is 11.5 Å². The minimum Gasteiger partial charge on any atom is -0.333 e. The first-order valence-corrected chi connectivity index (χ1v) is 14.7. The van der Waals surface area contributed by atoms with Crippen molar-refractivity contribution in [2.75, 3.05) is 19.6 Å². The number of pyridine rings is 1. The SMILES string of the molecule is CCc1cccc(CC)c1-n1c(C)c(C(=O)N2CCNC[C@H]2C)cc(-c2nc(-c3ccc(Cl)cc3)cs2)c1=O. The van der Waals surface area contributed by atoms with Crippen LogP contribution in [0.15, 0.2) is 58.7 Å². The van der Waals surface area contributed by atoms with Gasteiger partial charge in [-0.2, -0.15) is 0 Å². The highest BCUT2D eigenvalue weighted by Crippen LogP contribution is 2.31. The van der Waals surface area contributed by atoms with E-state index in [1.165, 1.54) is 11.3 Å². The van der Waals surface area contributed by atoms with Gasteiger partial charge in [0.1, 0.15) is 5.01 Å². The van der Waals surface area contributed by atoms with E-state index in [1.807, 2.05) is 47.5 Å². The maximum Gasteiger partial charge on any atom is 0.265 e. The van der Waals surface area contributed by atoms with Crippen LogP contribution < -0.4 is 10.9 Å². The van der Waals surface area contributed by atoms with Crippen molar-refractivity contribution in [1.29, 1.82) is 0 Å². The molecule has 8 heteroatoms. The molecule has 1 aliphatic heterocycles. The fourth-order valence-electron chi connectivity index (χ4n) is 5.29. The third-order valence-corrected chi connectivity index (χ3v) is 8.63. The Balaban J connectivity index is 1.74. The standard InChI is InChI=1S/C31H33ClN4O2S/c1-5-21-8-7-9-22(6-2)28(21)36-20(4)25(30(37)35-15-14-33-17-19(35)3)16-26(31(36)38)29-34-27(18-39-29)23-10-12-24(32)13-11-23/h7-13,16,18-19,33H,5-6,14-15,17H2,1-4H3/t19-/m1/s1. The number of aryl methyl sites for hydroxylation is 2. The van der Waals surface area contributed by atoms with Crippen molar-refractivity contribution in [2.45, 2.75) is 46.6 Å². The number of carbonyl (C=O) groups is 1. The van der Waals surface area contributed by atoms with Gasteiger partial charge in [-0.25, -0.2) is 4.98 Å². The van der Waals surface area contributed by atoms with Crippen molar-refractivity contribution >= 4 is 28.8 Å². The van der Waals surface area contributed by atoms with Crippen LogP contribution in [-0.2, 0) is 12.8 Å². The Labute approximate surface area is 238 Å². The summed E-state index contributed by atoms with van der Waals surface area (Å²) in [4.78, 5) is 35.1. The summed E-state index contributed by atoms with van der Waals surface area (Å²) >= 11 is 7.49. The molecule has 6 nitrogen and oxygen atoms in total. The molecule has 1 aliphatic rings. The topological polar surface area (TPSA) is 67.2 Å². The summed E-state index contributed by atoms with van der Waals surface area (Å²) in [5, 5.41) is 6.54. The second-order valence-corrected chi connectivity index (χ2v) is 11.2. The van der Waals surface area contributed by atoms with Gasteiger partial charge in [0.05, 0.1) is 22.5 Å². The van der Waals surface area contributed by atoms with Crippen LogP contribution in [-0.4, -0.2) is 46.0 Å². The van der Waals surface area contributed by atoms with Gasteiger partial charge < -0.3 is 10.2 Å². The number of hydrogen-bond donors (Lipinski definition) is 1. The van der Waals surface area contributed by atoms with E-state index >= 15 is 0 Å². The summed E-state index contributed by atoms with van der Waals surface area (Å²) in [6.45, 7) is 10.2. The summed E-state index contributed by atoms with van der Waals surface area (Å²) in [5.74, 6) is -0.0574. The molecule has 3 heterocycles. The lowest BCUT2D eigenvalue weighted by Gasteiger charge is -2.34. The fourth-order valence-corrected chi connectivity index (χ4v) is 6.26. The Hall–Kier alpha value is -3.26. The first-order chi connectivity index (χ1) is 18.8. The number of benzene rings is 2. The number of piperazine rings is 1. The molecule has 1 amide bonds. The second-order valence-electron chi connectivity index (χ2n) is 9.93. The number of nitrogens with one attached hydrogen (secondary N) is 1. The summed E-state index contributed by atoms with van der Waals surface area (Å²) in [7, 11) is 0. The molecule has 2 aromatic carbocycles. The zero-order valence-electron chi connectivity index (χ0n) is 22.8. The minimum atomic E-state index is -0.162. The highest BCUT2D eigenvalue weighted by Gasteiger charge is 2.29. The Morgan fingerprint density at radius 2 is 1.82 bits per heavy atom. The van der Waals surface area contributed by atoms with Crippen LogP contribution in [0.4, 0.5) is 0 Å². The fraction of sp³-hybridized carbons (Fsp3) is 0.323. The van der Waals surface area contributed by atoms with Crippen LogP contribution in [0.2, 0.25) is 5.02 Å². The molecule has 4 aromatic rings. The van der Waals surface area contributed by atoms with Crippen molar-refractivity contribution < 1.29 is 4.79 Å². The van der Waals surface area contributed by atoms with Gasteiger partial charge in [-0.05, 0) is 56.0 Å². The van der Waals surface area contributed by atoms with E-state index in [9.17, 15) is 9.59 Å². The molecule has 1 N–H and O–H groups in total. The maximum atomic E-state index is 14.3. The third kappa shape index (κ3) is 5.19.